The average molecular weight is 589 g/mol. The Morgan fingerprint density at radius 1 is 1.17 bits per heavy atom. The van der Waals surface area contributed by atoms with Gasteiger partial charge >= 0.3 is 0 Å². The van der Waals surface area contributed by atoms with E-state index in [0.29, 0.717) is 27.1 Å². The van der Waals surface area contributed by atoms with Gasteiger partial charge in [0.15, 0.2) is 11.0 Å². The number of aromatic nitrogens is 3. The summed E-state index contributed by atoms with van der Waals surface area (Å²) in [5, 5.41) is 13.7. The SMILES string of the molecule is CCOc1ccc(-n2c(SCC(=O)NN=Cc3cc(Br)ccc3F)nnc2-c2ccc(Cl)cc2)cc1. The number of amides is 1. The minimum atomic E-state index is -0.441. The van der Waals surface area contributed by atoms with Crippen molar-refractivity contribution in [3.63, 3.8) is 0 Å². The van der Waals surface area contributed by atoms with Crippen molar-refractivity contribution < 1.29 is 13.9 Å². The fourth-order valence-electron chi connectivity index (χ4n) is 3.19. The lowest BCUT2D eigenvalue weighted by Crippen LogP contribution is -2.20. The molecule has 0 saturated heterocycles. The Labute approximate surface area is 224 Å². The van der Waals surface area contributed by atoms with Crippen LogP contribution in [-0.2, 0) is 4.79 Å². The van der Waals surface area contributed by atoms with E-state index in [9.17, 15) is 9.18 Å². The molecule has 1 amide bonds. The van der Waals surface area contributed by atoms with E-state index >= 15 is 0 Å². The van der Waals surface area contributed by atoms with Crippen molar-refractivity contribution in [3.8, 4) is 22.8 Å². The number of hydrogen-bond donors (Lipinski definition) is 1. The number of carbonyl (C=O) groups is 1. The number of ether oxygens (including phenoxy) is 1. The van der Waals surface area contributed by atoms with Crippen molar-refractivity contribution in [2.24, 2.45) is 5.10 Å². The first-order chi connectivity index (χ1) is 17.4. The number of rotatable bonds is 9. The molecule has 0 saturated carbocycles. The van der Waals surface area contributed by atoms with Gasteiger partial charge in [-0.2, -0.15) is 5.10 Å². The molecular weight excluding hydrogens is 569 g/mol. The zero-order valence-electron chi connectivity index (χ0n) is 19.0. The Hall–Kier alpha value is -3.21. The first-order valence-electron chi connectivity index (χ1n) is 10.8. The van der Waals surface area contributed by atoms with E-state index in [0.717, 1.165) is 17.0 Å². The number of nitrogens with zero attached hydrogens (tertiary/aromatic N) is 4. The molecule has 0 aliphatic rings. The summed E-state index contributed by atoms with van der Waals surface area (Å²) in [5.41, 5.74) is 4.29. The largest absolute Gasteiger partial charge is 0.494 e. The number of hydrazone groups is 1. The number of hydrogen-bond acceptors (Lipinski definition) is 6. The van der Waals surface area contributed by atoms with Crippen LogP contribution in [0.5, 0.6) is 5.75 Å². The monoisotopic (exact) mass is 587 g/mol. The third-order valence-electron chi connectivity index (χ3n) is 4.82. The lowest BCUT2D eigenvalue weighted by Gasteiger charge is -2.11. The maximum atomic E-state index is 13.8. The van der Waals surface area contributed by atoms with Crippen molar-refractivity contribution in [3.05, 3.63) is 87.6 Å². The van der Waals surface area contributed by atoms with Crippen molar-refractivity contribution >= 4 is 51.4 Å². The smallest absolute Gasteiger partial charge is 0.250 e. The second-order valence-electron chi connectivity index (χ2n) is 7.32. The van der Waals surface area contributed by atoms with Gasteiger partial charge in [-0.15, -0.1) is 10.2 Å². The molecule has 4 aromatic rings. The molecule has 0 unspecified atom stereocenters. The van der Waals surface area contributed by atoms with Crippen molar-refractivity contribution in [1.82, 2.24) is 20.2 Å². The molecule has 0 aliphatic carbocycles. The Morgan fingerprint density at radius 2 is 1.92 bits per heavy atom. The lowest BCUT2D eigenvalue weighted by molar-refractivity contribution is -0.118. The van der Waals surface area contributed by atoms with Crippen LogP contribution in [0.15, 0.2) is 81.5 Å². The molecule has 0 bridgehead atoms. The van der Waals surface area contributed by atoms with Crippen LogP contribution in [0.1, 0.15) is 12.5 Å². The summed E-state index contributed by atoms with van der Waals surface area (Å²) in [6.45, 7) is 2.49. The van der Waals surface area contributed by atoms with Gasteiger partial charge in [-0.3, -0.25) is 9.36 Å². The van der Waals surface area contributed by atoms with Crippen LogP contribution < -0.4 is 10.2 Å². The molecule has 4 rings (SSSR count). The van der Waals surface area contributed by atoms with Gasteiger partial charge in [0, 0.05) is 26.3 Å². The highest BCUT2D eigenvalue weighted by Crippen LogP contribution is 2.29. The maximum absolute atomic E-state index is 13.8. The second kappa shape index (κ2) is 12.2. The van der Waals surface area contributed by atoms with Crippen LogP contribution in [0.4, 0.5) is 4.39 Å². The van der Waals surface area contributed by atoms with E-state index in [-0.39, 0.29) is 17.2 Å². The fourth-order valence-corrected chi connectivity index (χ4v) is 4.44. The molecule has 7 nitrogen and oxygen atoms in total. The summed E-state index contributed by atoms with van der Waals surface area (Å²) >= 11 is 10.5. The van der Waals surface area contributed by atoms with Crippen LogP contribution in [0.25, 0.3) is 17.1 Å². The highest BCUT2D eigenvalue weighted by Gasteiger charge is 2.17. The van der Waals surface area contributed by atoms with Gasteiger partial charge in [0.05, 0.1) is 18.6 Å². The van der Waals surface area contributed by atoms with Crippen molar-refractivity contribution in [2.75, 3.05) is 12.4 Å². The van der Waals surface area contributed by atoms with Gasteiger partial charge in [-0.05, 0) is 73.7 Å². The van der Waals surface area contributed by atoms with Gasteiger partial charge in [0.1, 0.15) is 11.6 Å². The van der Waals surface area contributed by atoms with Gasteiger partial charge in [-0.1, -0.05) is 39.3 Å². The molecule has 0 radical (unpaired) electrons. The maximum Gasteiger partial charge on any atom is 0.250 e. The van der Waals surface area contributed by atoms with E-state index in [1.165, 1.54) is 24.0 Å². The van der Waals surface area contributed by atoms with Crippen LogP contribution in [0.2, 0.25) is 5.02 Å². The summed E-state index contributed by atoms with van der Waals surface area (Å²) in [5.74, 6) is 0.552. The zero-order chi connectivity index (χ0) is 25.5. The summed E-state index contributed by atoms with van der Waals surface area (Å²) in [4.78, 5) is 12.4. The Morgan fingerprint density at radius 3 is 2.64 bits per heavy atom. The van der Waals surface area contributed by atoms with E-state index < -0.39 is 5.82 Å². The summed E-state index contributed by atoms with van der Waals surface area (Å²) in [6.07, 6.45) is 1.25. The summed E-state index contributed by atoms with van der Waals surface area (Å²) in [7, 11) is 0. The first-order valence-corrected chi connectivity index (χ1v) is 12.9. The van der Waals surface area contributed by atoms with Crippen molar-refractivity contribution in [1.29, 1.82) is 0 Å². The van der Waals surface area contributed by atoms with Crippen molar-refractivity contribution in [2.45, 2.75) is 12.1 Å². The number of nitrogens with one attached hydrogen (secondary N) is 1. The summed E-state index contributed by atoms with van der Waals surface area (Å²) < 4.78 is 21.9. The normalized spacial score (nSPS) is 11.1. The second-order valence-corrected chi connectivity index (χ2v) is 9.62. The lowest BCUT2D eigenvalue weighted by atomic mass is 10.2. The minimum Gasteiger partial charge on any atom is -0.494 e. The Bertz CT molecular complexity index is 1380. The van der Waals surface area contributed by atoms with Crippen LogP contribution >= 0.6 is 39.3 Å². The molecule has 184 valence electrons. The number of benzene rings is 3. The van der Waals surface area contributed by atoms with Gasteiger partial charge in [0.2, 0.25) is 0 Å². The van der Waals surface area contributed by atoms with E-state index in [2.05, 4.69) is 36.7 Å². The molecule has 36 heavy (non-hydrogen) atoms. The molecule has 11 heteroatoms. The molecule has 3 aromatic carbocycles. The number of carbonyl (C=O) groups excluding carboxylic acids is 1. The predicted octanol–water partition coefficient (Wildman–Crippen LogP) is 6.13. The average Bonchev–Trinajstić information content (AvgIpc) is 3.30. The third kappa shape index (κ3) is 6.51. The predicted molar refractivity (Wildman–Crippen MR) is 144 cm³/mol. The molecular formula is C25H20BrClFN5O2S. The highest BCUT2D eigenvalue weighted by molar-refractivity contribution is 9.10. The van der Waals surface area contributed by atoms with E-state index in [1.54, 1.807) is 24.3 Å². The number of halogens is 3. The van der Waals surface area contributed by atoms with E-state index in [4.69, 9.17) is 16.3 Å². The Kier molecular flexibility index (Phi) is 8.74. The van der Waals surface area contributed by atoms with Crippen LogP contribution in [-0.4, -0.2) is 39.2 Å². The molecule has 0 aliphatic heterocycles. The standard InChI is InChI=1S/C25H20BrClFN5O2S/c1-2-35-21-10-8-20(9-11-21)33-24(16-3-6-19(27)7-4-16)31-32-25(33)36-15-23(34)30-29-14-17-13-18(26)5-12-22(17)28/h3-14H,2,15H2,1H3,(H,30,34). The fraction of sp³-hybridized carbons (Fsp3) is 0.120. The van der Waals surface area contributed by atoms with Gasteiger partial charge in [-0.25, -0.2) is 9.82 Å². The summed E-state index contributed by atoms with van der Waals surface area (Å²) in [6, 6.07) is 19.3. The Balaban J connectivity index is 1.52. The molecule has 0 atom stereocenters. The molecule has 1 heterocycles. The van der Waals surface area contributed by atoms with E-state index in [1.807, 2.05) is 47.9 Å². The quantitative estimate of drug-likeness (QED) is 0.145. The number of thioether (sulfide) groups is 1. The molecule has 1 aromatic heterocycles. The minimum absolute atomic E-state index is 0.0219. The van der Waals surface area contributed by atoms with Crippen LogP contribution in [0.3, 0.4) is 0 Å². The highest BCUT2D eigenvalue weighted by atomic mass is 79.9. The first kappa shape index (κ1) is 25.9. The van der Waals surface area contributed by atoms with Crippen LogP contribution in [0, 0.1) is 5.82 Å². The topological polar surface area (TPSA) is 81.4 Å². The molecule has 0 spiro atoms. The zero-order valence-corrected chi connectivity index (χ0v) is 22.1. The molecule has 1 N–H and O–H groups in total. The van der Waals surface area contributed by atoms with Gasteiger partial charge < -0.3 is 4.74 Å². The molecule has 0 fully saturated rings. The third-order valence-corrected chi connectivity index (χ3v) is 6.50. The van der Waals surface area contributed by atoms with Gasteiger partial charge in [0.25, 0.3) is 5.91 Å².